The van der Waals surface area contributed by atoms with Crippen LogP contribution in [0.4, 0.5) is 0 Å². The summed E-state index contributed by atoms with van der Waals surface area (Å²) in [6.45, 7) is 0.0596. The van der Waals surface area contributed by atoms with E-state index in [1.54, 1.807) is 12.1 Å². The molecule has 0 spiro atoms. The predicted molar refractivity (Wildman–Crippen MR) is 106 cm³/mol. The van der Waals surface area contributed by atoms with E-state index in [-0.39, 0.29) is 18.9 Å². The molecule has 0 amide bonds. The van der Waals surface area contributed by atoms with E-state index in [2.05, 4.69) is 0 Å². The molecule has 0 radical (unpaired) electrons. The number of ether oxygens (including phenoxy) is 1. The summed E-state index contributed by atoms with van der Waals surface area (Å²) in [4.78, 5) is 24.3. The maximum Gasteiger partial charge on any atom is 0.321 e. The van der Waals surface area contributed by atoms with Gasteiger partial charge in [-0.3, -0.25) is 9.59 Å². The van der Waals surface area contributed by atoms with E-state index in [1.165, 1.54) is 6.26 Å². The summed E-state index contributed by atoms with van der Waals surface area (Å²) < 4.78 is 10.7. The minimum absolute atomic E-state index is 0.0596. The fourth-order valence-corrected chi connectivity index (χ4v) is 3.93. The maximum absolute atomic E-state index is 12.6. The maximum atomic E-state index is 12.6. The molecule has 148 valence electrons. The highest BCUT2D eigenvalue weighted by Crippen LogP contribution is 2.44. The number of hydrogen-bond donors (Lipinski definition) is 2. The Hall–Kier alpha value is -3.38. The number of furan rings is 1. The van der Waals surface area contributed by atoms with Crippen LogP contribution >= 0.6 is 0 Å². The molecular weight excluding hydrogens is 370 g/mol. The van der Waals surface area contributed by atoms with Crippen molar-refractivity contribution in [2.45, 2.75) is 18.4 Å². The summed E-state index contributed by atoms with van der Waals surface area (Å²) in [6.07, 6.45) is 1.61. The Morgan fingerprint density at radius 3 is 2.17 bits per heavy atom. The number of carboxylic acids is 1. The Kier molecular flexibility index (Phi) is 5.18. The number of nitrogens with two attached hydrogens (primary N) is 1. The summed E-state index contributed by atoms with van der Waals surface area (Å²) in [7, 11) is 0. The fourth-order valence-electron chi connectivity index (χ4n) is 3.93. The molecule has 0 unspecified atom stereocenters. The molecule has 6 heteroatoms. The predicted octanol–water partition coefficient (Wildman–Crippen LogP) is 3.21. The molecule has 1 heterocycles. The number of esters is 1. The van der Waals surface area contributed by atoms with Crippen LogP contribution in [0.5, 0.6) is 0 Å². The molecule has 0 aliphatic heterocycles. The van der Waals surface area contributed by atoms with E-state index in [1.807, 2.05) is 48.5 Å². The van der Waals surface area contributed by atoms with E-state index >= 15 is 0 Å². The van der Waals surface area contributed by atoms with Crippen LogP contribution in [0.15, 0.2) is 71.3 Å². The van der Waals surface area contributed by atoms with Crippen molar-refractivity contribution in [3.8, 4) is 11.1 Å². The highest BCUT2D eigenvalue weighted by atomic mass is 16.5. The van der Waals surface area contributed by atoms with Crippen LogP contribution in [0.25, 0.3) is 11.1 Å². The molecule has 3 N–H and O–H groups in total. The quantitative estimate of drug-likeness (QED) is 0.474. The van der Waals surface area contributed by atoms with Crippen LogP contribution in [0, 0.1) is 5.92 Å². The molecule has 0 saturated carbocycles. The fraction of sp³-hybridized carbons (Fsp3) is 0.217. The number of benzene rings is 2. The van der Waals surface area contributed by atoms with Gasteiger partial charge in [-0.15, -0.1) is 0 Å². The summed E-state index contributed by atoms with van der Waals surface area (Å²) in [5.41, 5.74) is 10.3. The molecule has 1 aromatic heterocycles. The Bertz CT molecular complexity index is 982. The van der Waals surface area contributed by atoms with Gasteiger partial charge in [0.05, 0.1) is 6.26 Å². The van der Waals surface area contributed by atoms with Gasteiger partial charge in [0.1, 0.15) is 12.4 Å². The first kappa shape index (κ1) is 19.0. The number of carbonyl (C=O) groups excluding carboxylic acids is 1. The van der Waals surface area contributed by atoms with Crippen molar-refractivity contribution in [1.29, 1.82) is 0 Å². The molecule has 1 aliphatic rings. The van der Waals surface area contributed by atoms with E-state index in [0.717, 1.165) is 22.3 Å². The Morgan fingerprint density at radius 2 is 1.62 bits per heavy atom. The van der Waals surface area contributed by atoms with Crippen LogP contribution in [-0.4, -0.2) is 29.7 Å². The molecule has 0 bridgehead atoms. The largest absolute Gasteiger partial charge is 0.481 e. The lowest BCUT2D eigenvalue weighted by molar-refractivity contribution is -0.159. The zero-order valence-corrected chi connectivity index (χ0v) is 15.7. The first-order chi connectivity index (χ1) is 14.1. The van der Waals surface area contributed by atoms with E-state index in [0.29, 0.717) is 5.76 Å². The molecular formula is C23H21NO5. The van der Waals surface area contributed by atoms with Crippen LogP contribution in [0.2, 0.25) is 0 Å². The molecule has 1 aliphatic carbocycles. The number of hydrogen-bond acceptors (Lipinski definition) is 5. The van der Waals surface area contributed by atoms with Gasteiger partial charge in [0.25, 0.3) is 0 Å². The van der Waals surface area contributed by atoms with Gasteiger partial charge in [-0.25, -0.2) is 0 Å². The second-order valence-corrected chi connectivity index (χ2v) is 7.12. The molecule has 2 aromatic carbocycles. The van der Waals surface area contributed by atoms with E-state index < -0.39 is 23.9 Å². The average Bonchev–Trinajstić information content (AvgIpc) is 3.32. The smallest absolute Gasteiger partial charge is 0.321 e. The van der Waals surface area contributed by atoms with Crippen molar-refractivity contribution < 1.29 is 23.8 Å². The zero-order chi connectivity index (χ0) is 20.4. The second kappa shape index (κ2) is 7.93. The Labute approximate surface area is 167 Å². The minimum atomic E-state index is -1.47. The van der Waals surface area contributed by atoms with Gasteiger partial charge in [0, 0.05) is 18.4 Å². The number of fused-ring (bicyclic) bond motifs is 3. The molecule has 2 atom stereocenters. The third-order valence-corrected chi connectivity index (χ3v) is 5.32. The lowest BCUT2D eigenvalue weighted by Crippen LogP contribution is -2.43. The molecule has 0 fully saturated rings. The van der Waals surface area contributed by atoms with Crippen molar-refractivity contribution >= 4 is 11.9 Å². The van der Waals surface area contributed by atoms with E-state index in [9.17, 15) is 14.7 Å². The lowest BCUT2D eigenvalue weighted by atomic mass is 9.96. The molecule has 0 saturated heterocycles. The summed E-state index contributed by atoms with van der Waals surface area (Å²) in [6, 6.07) is 18.3. The van der Waals surface area contributed by atoms with Crippen molar-refractivity contribution in [2.75, 3.05) is 6.61 Å². The van der Waals surface area contributed by atoms with Gasteiger partial charge in [0.2, 0.25) is 0 Å². The zero-order valence-electron chi connectivity index (χ0n) is 15.7. The monoisotopic (exact) mass is 391 g/mol. The summed E-state index contributed by atoms with van der Waals surface area (Å²) >= 11 is 0. The highest BCUT2D eigenvalue weighted by molar-refractivity contribution is 5.95. The third-order valence-electron chi connectivity index (χ3n) is 5.32. The van der Waals surface area contributed by atoms with Gasteiger partial charge < -0.3 is 20.0 Å². The van der Waals surface area contributed by atoms with Gasteiger partial charge >= 0.3 is 11.9 Å². The van der Waals surface area contributed by atoms with Gasteiger partial charge in [-0.05, 0) is 34.4 Å². The van der Waals surface area contributed by atoms with Crippen molar-refractivity contribution in [3.63, 3.8) is 0 Å². The first-order valence-electron chi connectivity index (χ1n) is 9.42. The molecule has 29 heavy (non-hydrogen) atoms. The van der Waals surface area contributed by atoms with Gasteiger partial charge in [-0.1, -0.05) is 48.5 Å². The number of aliphatic carboxylic acids is 1. The standard InChI is InChI=1S/C23H21NO5/c24-20(12-14-6-5-11-28-14)21(22(25)26)23(27)29-13-19-17-9-3-1-7-15(17)16-8-2-4-10-18(16)19/h1-11,19-21H,12-13,24H2,(H,25,26)/t20-,21+/m1/s1. The Balaban J connectivity index is 1.50. The third kappa shape index (κ3) is 3.67. The average molecular weight is 391 g/mol. The van der Waals surface area contributed by atoms with Gasteiger partial charge in [0.15, 0.2) is 5.92 Å². The molecule has 4 rings (SSSR count). The highest BCUT2D eigenvalue weighted by Gasteiger charge is 2.36. The summed E-state index contributed by atoms with van der Waals surface area (Å²) in [5.74, 6) is -3.22. The first-order valence-corrected chi connectivity index (χ1v) is 9.42. The SMILES string of the molecule is N[C@H](Cc1ccco1)[C@@H](C(=O)O)C(=O)OCC1c2ccccc2-c2ccccc21. The van der Waals surface area contributed by atoms with E-state index in [4.69, 9.17) is 14.9 Å². The van der Waals surface area contributed by atoms with Crippen LogP contribution in [-0.2, 0) is 20.7 Å². The lowest BCUT2D eigenvalue weighted by Gasteiger charge is -2.20. The number of carboxylic acid groups (broad SMARTS) is 1. The van der Waals surface area contributed by atoms with Crippen molar-refractivity contribution in [1.82, 2.24) is 0 Å². The second-order valence-electron chi connectivity index (χ2n) is 7.12. The van der Waals surface area contributed by atoms with Crippen LogP contribution in [0.1, 0.15) is 22.8 Å². The van der Waals surface area contributed by atoms with Crippen molar-refractivity contribution in [2.24, 2.45) is 11.7 Å². The molecule has 3 aromatic rings. The van der Waals surface area contributed by atoms with Crippen LogP contribution < -0.4 is 5.73 Å². The number of rotatable bonds is 7. The topological polar surface area (TPSA) is 103 Å². The van der Waals surface area contributed by atoms with Crippen molar-refractivity contribution in [3.05, 3.63) is 83.8 Å². The number of carbonyl (C=O) groups is 2. The minimum Gasteiger partial charge on any atom is -0.481 e. The Morgan fingerprint density at radius 1 is 1.00 bits per heavy atom. The van der Waals surface area contributed by atoms with Gasteiger partial charge in [-0.2, -0.15) is 0 Å². The summed E-state index contributed by atoms with van der Waals surface area (Å²) in [5, 5.41) is 9.54. The van der Waals surface area contributed by atoms with Crippen LogP contribution in [0.3, 0.4) is 0 Å². The molecule has 6 nitrogen and oxygen atoms in total. The normalized spacial score (nSPS) is 14.7.